The molecule has 1 N–H and O–H groups in total. The predicted molar refractivity (Wildman–Crippen MR) is 125 cm³/mol. The molecule has 0 fully saturated rings. The first-order valence-corrected chi connectivity index (χ1v) is 12.7. The SMILES string of the molecule is CCOC(C)(OCC)P(=O)(Cc1cccc(CNC(=O)OCc2ccccc2)c1)OCC. The second-order valence-corrected chi connectivity index (χ2v) is 9.98. The van der Waals surface area contributed by atoms with Gasteiger partial charge in [0.2, 0.25) is 5.53 Å². The number of alkyl carbamates (subject to hydrolysis) is 1. The predicted octanol–water partition coefficient (Wildman–Crippen LogP) is 5.67. The summed E-state index contributed by atoms with van der Waals surface area (Å²) >= 11 is 0. The van der Waals surface area contributed by atoms with E-state index >= 15 is 0 Å². The summed E-state index contributed by atoms with van der Waals surface area (Å²) < 4.78 is 36.3. The van der Waals surface area contributed by atoms with E-state index < -0.39 is 19.0 Å². The minimum absolute atomic E-state index is 0.156. The molecule has 2 rings (SSSR count). The Morgan fingerprint density at radius 2 is 1.53 bits per heavy atom. The fourth-order valence-corrected chi connectivity index (χ4v) is 5.67. The van der Waals surface area contributed by atoms with E-state index in [0.717, 1.165) is 16.7 Å². The molecule has 0 saturated carbocycles. The number of benzene rings is 2. The van der Waals surface area contributed by atoms with E-state index in [0.29, 0.717) is 13.2 Å². The van der Waals surface area contributed by atoms with Gasteiger partial charge in [0.1, 0.15) is 6.61 Å². The molecular formula is C24H34NO6P. The van der Waals surface area contributed by atoms with Gasteiger partial charge in [-0.2, -0.15) is 0 Å². The Balaban J connectivity index is 2.03. The van der Waals surface area contributed by atoms with Crippen LogP contribution in [0.5, 0.6) is 0 Å². The Labute approximate surface area is 190 Å². The molecule has 0 heterocycles. The van der Waals surface area contributed by atoms with E-state index in [-0.39, 0.29) is 25.9 Å². The van der Waals surface area contributed by atoms with Crippen LogP contribution in [0.15, 0.2) is 54.6 Å². The number of rotatable bonds is 13. The van der Waals surface area contributed by atoms with Gasteiger partial charge < -0.3 is 24.1 Å². The molecule has 0 aliphatic carbocycles. The molecule has 8 heteroatoms. The van der Waals surface area contributed by atoms with E-state index in [1.165, 1.54) is 0 Å². The lowest BCUT2D eigenvalue weighted by Crippen LogP contribution is -2.34. The highest BCUT2D eigenvalue weighted by Gasteiger charge is 2.47. The first-order chi connectivity index (χ1) is 15.4. The van der Waals surface area contributed by atoms with Gasteiger partial charge in [0, 0.05) is 19.8 Å². The Hall–Kier alpha value is -2.18. The van der Waals surface area contributed by atoms with Gasteiger partial charge in [-0.05, 0) is 44.4 Å². The van der Waals surface area contributed by atoms with E-state index in [1.807, 2.05) is 68.4 Å². The van der Waals surface area contributed by atoms with Crippen LogP contribution in [0.25, 0.3) is 0 Å². The maximum atomic E-state index is 13.8. The summed E-state index contributed by atoms with van der Waals surface area (Å²) in [5.41, 5.74) is 1.26. The normalized spacial score (nSPS) is 13.4. The number of hydrogen-bond donors (Lipinski definition) is 1. The van der Waals surface area contributed by atoms with Crippen molar-refractivity contribution in [2.75, 3.05) is 19.8 Å². The van der Waals surface area contributed by atoms with Gasteiger partial charge in [0.05, 0.1) is 12.8 Å². The molecule has 7 nitrogen and oxygen atoms in total. The summed E-state index contributed by atoms with van der Waals surface area (Å²) in [6.07, 6.45) is -0.344. The molecule has 0 spiro atoms. The molecule has 32 heavy (non-hydrogen) atoms. The van der Waals surface area contributed by atoms with Crippen molar-refractivity contribution in [2.45, 2.75) is 52.5 Å². The van der Waals surface area contributed by atoms with Crippen LogP contribution in [0.4, 0.5) is 4.79 Å². The summed E-state index contributed by atoms with van der Waals surface area (Å²) in [5.74, 6) is 0. The van der Waals surface area contributed by atoms with Gasteiger partial charge in [0.15, 0.2) is 0 Å². The number of ether oxygens (including phenoxy) is 3. The quantitative estimate of drug-likeness (QED) is 0.304. The zero-order chi connectivity index (χ0) is 23.5. The Bertz CT molecular complexity index is 883. The maximum Gasteiger partial charge on any atom is 0.407 e. The van der Waals surface area contributed by atoms with Crippen LogP contribution in [-0.2, 0) is 42.6 Å². The molecule has 0 aromatic heterocycles. The molecule has 176 valence electrons. The molecule has 2 aromatic carbocycles. The summed E-state index contributed by atoms with van der Waals surface area (Å²) in [4.78, 5) is 12.0. The van der Waals surface area contributed by atoms with Crippen LogP contribution in [0.1, 0.15) is 44.4 Å². The number of amides is 1. The zero-order valence-corrected chi connectivity index (χ0v) is 20.2. The molecule has 1 unspecified atom stereocenters. The van der Waals surface area contributed by atoms with Gasteiger partial charge in [-0.25, -0.2) is 4.79 Å². The minimum atomic E-state index is -3.36. The fraction of sp³-hybridized carbons (Fsp3) is 0.458. The Morgan fingerprint density at radius 1 is 0.906 bits per heavy atom. The number of hydrogen-bond acceptors (Lipinski definition) is 6. The van der Waals surface area contributed by atoms with Gasteiger partial charge in [-0.1, -0.05) is 54.6 Å². The molecular weight excluding hydrogens is 429 g/mol. The van der Waals surface area contributed by atoms with Gasteiger partial charge in [-0.3, -0.25) is 4.57 Å². The largest absolute Gasteiger partial charge is 0.445 e. The third kappa shape index (κ3) is 7.45. The summed E-state index contributed by atoms with van der Waals surface area (Å²) in [6, 6.07) is 17.0. The lowest BCUT2D eigenvalue weighted by atomic mass is 10.1. The van der Waals surface area contributed by atoms with E-state index in [2.05, 4.69) is 5.32 Å². The molecule has 0 aliphatic heterocycles. The number of carbonyl (C=O) groups is 1. The fourth-order valence-electron chi connectivity index (χ4n) is 3.32. The summed E-state index contributed by atoms with van der Waals surface area (Å²) in [7, 11) is -3.36. The van der Waals surface area contributed by atoms with Crippen LogP contribution < -0.4 is 5.32 Å². The smallest absolute Gasteiger partial charge is 0.407 e. The molecule has 0 radical (unpaired) electrons. The summed E-state index contributed by atoms with van der Waals surface area (Å²) in [5, 5.41) is 2.74. The molecule has 2 aromatic rings. The number of carbonyl (C=O) groups excluding carboxylic acids is 1. The van der Waals surface area contributed by atoms with Crippen molar-refractivity contribution in [2.24, 2.45) is 0 Å². The topological polar surface area (TPSA) is 83.1 Å². The van der Waals surface area contributed by atoms with Crippen molar-refractivity contribution < 1.29 is 28.1 Å². The molecule has 0 bridgehead atoms. The highest BCUT2D eigenvalue weighted by Crippen LogP contribution is 2.62. The summed E-state index contributed by atoms with van der Waals surface area (Å²) in [6.45, 7) is 8.60. The first kappa shape index (κ1) is 26.1. The zero-order valence-electron chi connectivity index (χ0n) is 19.3. The first-order valence-electron chi connectivity index (χ1n) is 10.9. The maximum absolute atomic E-state index is 13.8. The average Bonchev–Trinajstić information content (AvgIpc) is 2.77. The third-order valence-electron chi connectivity index (χ3n) is 4.81. The van der Waals surface area contributed by atoms with E-state index in [9.17, 15) is 9.36 Å². The standard InChI is InChI=1S/C24H34NO6P/c1-5-29-24(4,30-6-2)32(27,31-7-3)19-22-15-11-14-21(16-22)17-25-23(26)28-18-20-12-9-8-10-13-20/h8-16H,5-7,17-19H2,1-4H3,(H,25,26). The van der Waals surface area contributed by atoms with Crippen LogP contribution in [0, 0.1) is 0 Å². The monoisotopic (exact) mass is 463 g/mol. The second-order valence-electron chi connectivity index (χ2n) is 7.25. The molecule has 1 atom stereocenters. The highest BCUT2D eigenvalue weighted by molar-refractivity contribution is 7.59. The van der Waals surface area contributed by atoms with E-state index in [1.54, 1.807) is 13.8 Å². The third-order valence-corrected chi connectivity index (χ3v) is 7.77. The molecule has 0 aliphatic rings. The van der Waals surface area contributed by atoms with Gasteiger partial charge in [0.25, 0.3) is 7.37 Å². The lowest BCUT2D eigenvalue weighted by molar-refractivity contribution is -0.168. The van der Waals surface area contributed by atoms with Gasteiger partial charge in [-0.15, -0.1) is 0 Å². The Morgan fingerprint density at radius 3 is 2.16 bits per heavy atom. The average molecular weight is 464 g/mol. The van der Waals surface area contributed by atoms with Crippen LogP contribution in [-0.4, -0.2) is 31.4 Å². The Kier molecular flexibility index (Phi) is 10.4. The number of nitrogens with one attached hydrogen (secondary N) is 1. The van der Waals surface area contributed by atoms with Crippen LogP contribution >= 0.6 is 7.37 Å². The lowest BCUT2D eigenvalue weighted by Gasteiger charge is -2.36. The van der Waals surface area contributed by atoms with Crippen molar-refractivity contribution >= 4 is 13.5 Å². The second kappa shape index (κ2) is 12.8. The van der Waals surface area contributed by atoms with Crippen molar-refractivity contribution in [3.05, 3.63) is 71.3 Å². The van der Waals surface area contributed by atoms with Crippen LogP contribution in [0.3, 0.4) is 0 Å². The van der Waals surface area contributed by atoms with Crippen molar-refractivity contribution in [3.63, 3.8) is 0 Å². The van der Waals surface area contributed by atoms with Crippen LogP contribution in [0.2, 0.25) is 0 Å². The minimum Gasteiger partial charge on any atom is -0.445 e. The van der Waals surface area contributed by atoms with Crippen molar-refractivity contribution in [1.82, 2.24) is 5.32 Å². The molecule has 0 saturated heterocycles. The van der Waals surface area contributed by atoms with E-state index in [4.69, 9.17) is 18.7 Å². The van der Waals surface area contributed by atoms with Crippen molar-refractivity contribution in [1.29, 1.82) is 0 Å². The van der Waals surface area contributed by atoms with Gasteiger partial charge >= 0.3 is 6.09 Å². The highest BCUT2D eigenvalue weighted by atomic mass is 31.2. The molecule has 1 amide bonds. The van der Waals surface area contributed by atoms with Crippen molar-refractivity contribution in [3.8, 4) is 0 Å².